The number of carbonyl (C=O) groups is 2. The van der Waals surface area contributed by atoms with Gasteiger partial charge in [-0.25, -0.2) is 8.42 Å². The second kappa shape index (κ2) is 9.11. The Morgan fingerprint density at radius 1 is 1.00 bits per heavy atom. The third kappa shape index (κ3) is 4.76. The summed E-state index contributed by atoms with van der Waals surface area (Å²) in [7, 11) is -3.59. The number of piperazine rings is 1. The molecule has 0 bridgehead atoms. The second-order valence-electron chi connectivity index (χ2n) is 8.13. The third-order valence-corrected chi connectivity index (χ3v) is 8.02. The number of nitrogens with zero attached hydrogens (tertiary/aromatic N) is 3. The normalized spacial score (nSPS) is 16.2. The summed E-state index contributed by atoms with van der Waals surface area (Å²) in [6.45, 7) is 4.51. The molecule has 1 saturated heterocycles. The number of amides is 2. The average Bonchev–Trinajstić information content (AvgIpc) is 3.21. The Hall–Kier alpha value is -2.58. The van der Waals surface area contributed by atoms with E-state index in [9.17, 15) is 18.0 Å². The Kier molecular flexibility index (Phi) is 6.44. The molecule has 0 unspecified atom stereocenters. The zero-order valence-corrected chi connectivity index (χ0v) is 19.5. The first-order valence-electron chi connectivity index (χ1n) is 10.7. The molecule has 2 aromatic carbocycles. The topological polar surface area (TPSA) is 78.0 Å². The lowest BCUT2D eigenvalue weighted by molar-refractivity contribution is -0.131. The molecule has 2 aliphatic rings. The van der Waals surface area contributed by atoms with Crippen molar-refractivity contribution in [1.29, 1.82) is 0 Å². The first-order chi connectivity index (χ1) is 15.2. The van der Waals surface area contributed by atoms with Crippen LogP contribution in [0.25, 0.3) is 0 Å². The Morgan fingerprint density at radius 3 is 2.44 bits per heavy atom. The molecule has 1 fully saturated rings. The van der Waals surface area contributed by atoms with Crippen molar-refractivity contribution < 1.29 is 18.0 Å². The van der Waals surface area contributed by atoms with Gasteiger partial charge in [-0.05, 0) is 48.4 Å². The largest absolute Gasteiger partial charge is 0.368 e. The number of fused-ring (bicyclic) bond motifs is 1. The quantitative estimate of drug-likeness (QED) is 0.664. The molecule has 4 rings (SSSR count). The van der Waals surface area contributed by atoms with Gasteiger partial charge in [-0.15, -0.1) is 0 Å². The van der Waals surface area contributed by atoms with Gasteiger partial charge in [0.1, 0.15) is 0 Å². The molecule has 7 nitrogen and oxygen atoms in total. The van der Waals surface area contributed by atoms with Crippen LogP contribution >= 0.6 is 11.6 Å². The fraction of sp³-hybridized carbons (Fsp3) is 0.391. The van der Waals surface area contributed by atoms with Crippen molar-refractivity contribution in [2.45, 2.75) is 24.7 Å². The number of hydrogen-bond donors (Lipinski definition) is 0. The maximum Gasteiger partial charge on any atom is 0.223 e. The number of carbonyl (C=O) groups excluding carboxylic acids is 2. The van der Waals surface area contributed by atoms with Crippen molar-refractivity contribution in [2.24, 2.45) is 0 Å². The number of benzene rings is 2. The fourth-order valence-electron chi connectivity index (χ4n) is 4.28. The van der Waals surface area contributed by atoms with Gasteiger partial charge in [-0.3, -0.25) is 9.59 Å². The van der Waals surface area contributed by atoms with Crippen molar-refractivity contribution >= 4 is 44.6 Å². The lowest BCUT2D eigenvalue weighted by atomic mass is 10.2. The lowest BCUT2D eigenvalue weighted by Crippen LogP contribution is -2.49. The van der Waals surface area contributed by atoms with E-state index in [-0.39, 0.29) is 28.9 Å². The van der Waals surface area contributed by atoms with E-state index < -0.39 is 9.84 Å². The molecule has 9 heteroatoms. The molecule has 0 spiro atoms. The van der Waals surface area contributed by atoms with Crippen LogP contribution in [-0.4, -0.2) is 63.6 Å². The van der Waals surface area contributed by atoms with Crippen LogP contribution in [0.4, 0.5) is 11.4 Å². The van der Waals surface area contributed by atoms with Gasteiger partial charge >= 0.3 is 0 Å². The summed E-state index contributed by atoms with van der Waals surface area (Å²) in [5.41, 5.74) is 2.64. The maximum absolute atomic E-state index is 12.8. The second-order valence-corrected chi connectivity index (χ2v) is 10.7. The smallest absolute Gasteiger partial charge is 0.223 e. The summed E-state index contributed by atoms with van der Waals surface area (Å²) in [5, 5.41) is 0.673. The monoisotopic (exact) mass is 475 g/mol. The summed E-state index contributed by atoms with van der Waals surface area (Å²) in [6, 6.07) is 12.5. The summed E-state index contributed by atoms with van der Waals surface area (Å²) in [4.78, 5) is 30.1. The highest BCUT2D eigenvalue weighted by Crippen LogP contribution is 2.30. The number of halogens is 1. The van der Waals surface area contributed by atoms with Crippen LogP contribution in [0.3, 0.4) is 0 Å². The van der Waals surface area contributed by atoms with Crippen LogP contribution in [0.2, 0.25) is 5.02 Å². The van der Waals surface area contributed by atoms with Gasteiger partial charge in [-0.1, -0.05) is 17.7 Å². The van der Waals surface area contributed by atoms with Gasteiger partial charge < -0.3 is 14.7 Å². The van der Waals surface area contributed by atoms with Crippen LogP contribution in [0, 0.1) is 0 Å². The first-order valence-corrected chi connectivity index (χ1v) is 12.7. The summed E-state index contributed by atoms with van der Waals surface area (Å²) >= 11 is 6.06. The lowest BCUT2D eigenvalue weighted by Gasteiger charge is -2.36. The molecular weight excluding hydrogens is 450 g/mol. The van der Waals surface area contributed by atoms with E-state index in [0.29, 0.717) is 44.2 Å². The zero-order valence-electron chi connectivity index (χ0n) is 18.0. The van der Waals surface area contributed by atoms with Crippen LogP contribution in [0.5, 0.6) is 0 Å². The van der Waals surface area contributed by atoms with E-state index >= 15 is 0 Å². The summed E-state index contributed by atoms with van der Waals surface area (Å²) in [6.07, 6.45) is 0.588. The molecule has 0 aromatic heterocycles. The predicted molar refractivity (Wildman–Crippen MR) is 125 cm³/mol. The van der Waals surface area contributed by atoms with Crippen molar-refractivity contribution in [3.05, 3.63) is 53.1 Å². The molecule has 32 heavy (non-hydrogen) atoms. The highest BCUT2D eigenvalue weighted by molar-refractivity contribution is 7.91. The van der Waals surface area contributed by atoms with Crippen molar-refractivity contribution in [3.63, 3.8) is 0 Å². The molecule has 170 valence electrons. The van der Waals surface area contributed by atoms with Gasteiger partial charge in [0.25, 0.3) is 0 Å². The third-order valence-electron chi connectivity index (χ3n) is 6.08. The number of hydrogen-bond acceptors (Lipinski definition) is 5. The van der Waals surface area contributed by atoms with Gasteiger partial charge in [0.2, 0.25) is 11.8 Å². The molecule has 0 radical (unpaired) electrons. The Bertz CT molecular complexity index is 1140. The van der Waals surface area contributed by atoms with Gasteiger partial charge in [0.15, 0.2) is 9.84 Å². The van der Waals surface area contributed by atoms with E-state index in [1.54, 1.807) is 21.9 Å². The molecule has 0 aliphatic carbocycles. The molecule has 0 atom stereocenters. The number of rotatable bonds is 5. The zero-order chi connectivity index (χ0) is 22.9. The van der Waals surface area contributed by atoms with Crippen molar-refractivity contribution in [1.82, 2.24) is 4.90 Å². The predicted octanol–water partition coefficient (Wildman–Crippen LogP) is 2.76. The molecule has 0 N–H and O–H groups in total. The van der Waals surface area contributed by atoms with Crippen LogP contribution in [0.1, 0.15) is 18.9 Å². The fourth-order valence-corrected chi connectivity index (χ4v) is 5.74. The Labute approximate surface area is 193 Å². The highest BCUT2D eigenvalue weighted by atomic mass is 35.5. The van der Waals surface area contributed by atoms with Gasteiger partial charge in [0, 0.05) is 62.5 Å². The Balaban J connectivity index is 1.33. The van der Waals surface area contributed by atoms with E-state index in [2.05, 4.69) is 4.90 Å². The molecule has 2 heterocycles. The van der Waals surface area contributed by atoms with Gasteiger partial charge in [-0.2, -0.15) is 0 Å². The van der Waals surface area contributed by atoms with E-state index in [1.165, 1.54) is 13.0 Å². The van der Waals surface area contributed by atoms with E-state index in [0.717, 1.165) is 16.9 Å². The van der Waals surface area contributed by atoms with Gasteiger partial charge in [0.05, 0.1) is 10.6 Å². The molecule has 2 amide bonds. The minimum Gasteiger partial charge on any atom is -0.368 e. The molecular formula is C23H26ClN3O4S. The van der Waals surface area contributed by atoms with Crippen molar-refractivity contribution in [3.8, 4) is 0 Å². The SMILES string of the molecule is CC(=O)N1CCc2cc(S(=O)(=O)CCC(=O)N3CCN(c4cccc(Cl)c4)CC3)ccc21. The minimum absolute atomic E-state index is 0.0455. The Morgan fingerprint density at radius 2 is 1.75 bits per heavy atom. The summed E-state index contributed by atoms with van der Waals surface area (Å²) < 4.78 is 25.7. The maximum atomic E-state index is 12.8. The average molecular weight is 476 g/mol. The number of anilines is 2. The minimum atomic E-state index is -3.59. The van der Waals surface area contributed by atoms with Crippen LogP contribution in [-0.2, 0) is 25.8 Å². The molecule has 2 aromatic rings. The number of sulfone groups is 1. The van der Waals surface area contributed by atoms with Crippen molar-refractivity contribution in [2.75, 3.05) is 48.3 Å². The molecule has 2 aliphatic heterocycles. The first kappa shape index (κ1) is 22.6. The summed E-state index contributed by atoms with van der Waals surface area (Å²) in [5.74, 6) is -0.432. The molecule has 0 saturated carbocycles. The van der Waals surface area contributed by atoms with E-state index in [4.69, 9.17) is 11.6 Å². The van der Waals surface area contributed by atoms with E-state index in [1.807, 2.05) is 24.3 Å². The standard InChI is InChI=1S/C23H26ClN3O4S/c1-17(28)27-9-7-18-15-21(5-6-22(18)27)32(30,31)14-8-23(29)26-12-10-25(11-13-26)20-4-2-3-19(24)16-20/h2-6,15-16H,7-14H2,1H3. The van der Waals surface area contributed by atoms with Crippen LogP contribution in [0.15, 0.2) is 47.4 Å². The van der Waals surface area contributed by atoms with Crippen LogP contribution < -0.4 is 9.80 Å². The highest BCUT2D eigenvalue weighted by Gasteiger charge is 2.27.